The SMILES string of the molecule is BrCCCCBr.CC(C)(C)OC(=O)C1(CCCCBr)CC1.CC(C)(C)OC(=O)C1(CCCCC(=O)CCCCC2(C(=O)OC(C)(C)C)CC2)CC1.CC(C)(C)OC(=O)C1CC1.O=C(CCCCC1(C(=O)O)CC1)CCCCC1(C(=O)O)CC1.O=C(O)C1(CCCCC(O)CCCCC2(C(=O)O)CC2)CC1. The molecular formula is C83H139Br3O19. The van der Waals surface area contributed by atoms with Crippen LogP contribution in [0.25, 0.3) is 0 Å². The van der Waals surface area contributed by atoms with Crippen LogP contribution < -0.4 is 0 Å². The number of carboxylic acids is 4. The highest BCUT2D eigenvalue weighted by atomic mass is 79.9. The molecule has 0 unspecified atom stereocenters. The number of carbonyl (C=O) groups excluding carboxylic acids is 6. The highest BCUT2D eigenvalue weighted by Gasteiger charge is 2.55. The van der Waals surface area contributed by atoms with Gasteiger partial charge in [0, 0.05) is 41.7 Å². The lowest BCUT2D eigenvalue weighted by Gasteiger charge is -2.23. The summed E-state index contributed by atoms with van der Waals surface area (Å²) in [5.41, 5.74) is -4.04. The first-order chi connectivity index (χ1) is 48.9. The first-order valence-corrected chi connectivity index (χ1v) is 43.5. The van der Waals surface area contributed by atoms with E-state index >= 15 is 0 Å². The topological polar surface area (TPSA) is 309 Å². The van der Waals surface area contributed by atoms with Gasteiger partial charge < -0.3 is 44.5 Å². The summed E-state index contributed by atoms with van der Waals surface area (Å²) in [5, 5.41) is 49.5. The molecule has 606 valence electrons. The Hall–Kier alpha value is -3.50. The first kappa shape index (κ1) is 95.7. The summed E-state index contributed by atoms with van der Waals surface area (Å²) >= 11 is 10.1. The number of carboxylic acid groups (broad SMARTS) is 4. The highest BCUT2D eigenvalue weighted by molar-refractivity contribution is 9.09. The fourth-order valence-electron chi connectivity index (χ4n) is 12.8. The van der Waals surface area contributed by atoms with Crippen molar-refractivity contribution in [3.8, 4) is 0 Å². The van der Waals surface area contributed by atoms with E-state index in [0.29, 0.717) is 44.3 Å². The summed E-state index contributed by atoms with van der Waals surface area (Å²) in [4.78, 5) is 116. The number of aliphatic hydroxyl groups is 1. The van der Waals surface area contributed by atoms with Crippen LogP contribution >= 0.6 is 47.8 Å². The van der Waals surface area contributed by atoms with Gasteiger partial charge in [0.25, 0.3) is 0 Å². The van der Waals surface area contributed by atoms with Crippen molar-refractivity contribution < 1.29 is 92.4 Å². The molecule has 0 spiro atoms. The lowest BCUT2D eigenvalue weighted by Crippen LogP contribution is -2.29. The maximum absolute atomic E-state index is 12.3. The lowest BCUT2D eigenvalue weighted by atomic mass is 9.95. The second kappa shape index (κ2) is 43.9. The number of halogens is 3. The van der Waals surface area contributed by atoms with Gasteiger partial charge in [-0.05, 0) is 289 Å². The molecule has 8 saturated carbocycles. The van der Waals surface area contributed by atoms with Crippen molar-refractivity contribution in [3.63, 3.8) is 0 Å². The van der Waals surface area contributed by atoms with Crippen molar-refractivity contribution in [1.29, 1.82) is 0 Å². The van der Waals surface area contributed by atoms with Crippen molar-refractivity contribution in [2.45, 2.75) is 401 Å². The molecule has 19 nitrogen and oxygen atoms in total. The van der Waals surface area contributed by atoms with Gasteiger partial charge in [0.2, 0.25) is 0 Å². The molecule has 105 heavy (non-hydrogen) atoms. The van der Waals surface area contributed by atoms with Gasteiger partial charge >= 0.3 is 47.8 Å². The molecule has 0 aromatic carbocycles. The van der Waals surface area contributed by atoms with Crippen molar-refractivity contribution in [2.75, 3.05) is 16.0 Å². The third-order valence-corrected chi connectivity index (χ3v) is 23.2. The standard InChI is InChI=1S/C25H42O5.C17H28O5.C17H26O5.C12H21BrO2.C8H14O2.C4H8Br2/c1-22(2,3)29-20(27)24(15-16-24)13-9-7-11-19(26)12-8-10-14-25(17-18-25)21(28)30-23(4,5)6;2*18-13(5-1-3-7-16(9-10-16)14(19)20)6-2-4-8-17(11-12-17)15(21)22;1-11(2,3)15-10(14)12(7-8-12)6-4-5-9-13;1-8(2,3)10-7(9)6-4-5-6;5-3-1-2-4-6/h7-18H2,1-6H3;13,18H,1-12H2,(H,19,20)(H,21,22);1-12H2,(H,19,20)(H,21,22);4-9H2,1-3H3;6H,4-5H2,1-3H3;1-4H2. The van der Waals surface area contributed by atoms with Gasteiger partial charge in [0.15, 0.2) is 0 Å². The minimum absolute atomic E-state index is 0.0181. The van der Waals surface area contributed by atoms with Crippen LogP contribution in [0, 0.1) is 43.8 Å². The largest absolute Gasteiger partial charge is 0.481 e. The number of aliphatic hydroxyl groups excluding tert-OH is 1. The number of ether oxygens (including phenoxy) is 4. The number of hydrogen-bond donors (Lipinski definition) is 5. The fourth-order valence-corrected chi connectivity index (χ4v) is 14.0. The molecule has 5 N–H and O–H groups in total. The van der Waals surface area contributed by atoms with Crippen LogP contribution in [0.1, 0.15) is 372 Å². The van der Waals surface area contributed by atoms with Crippen molar-refractivity contribution in [2.24, 2.45) is 43.8 Å². The third-order valence-electron chi connectivity index (χ3n) is 21.5. The average Bonchev–Trinajstić information content (AvgIpc) is 1.64. The lowest BCUT2D eigenvalue weighted by molar-refractivity contribution is -0.163. The molecule has 0 aliphatic heterocycles. The van der Waals surface area contributed by atoms with E-state index in [4.69, 9.17) is 39.4 Å². The molecule has 22 heteroatoms. The highest BCUT2D eigenvalue weighted by Crippen LogP contribution is 2.56. The summed E-state index contributed by atoms with van der Waals surface area (Å²) in [6, 6.07) is 0. The molecule has 8 aliphatic rings. The minimum Gasteiger partial charge on any atom is -0.481 e. The van der Waals surface area contributed by atoms with Gasteiger partial charge in [-0.3, -0.25) is 47.9 Å². The maximum Gasteiger partial charge on any atom is 0.312 e. The number of alkyl halides is 3. The van der Waals surface area contributed by atoms with Gasteiger partial charge in [-0.25, -0.2) is 0 Å². The minimum atomic E-state index is -0.689. The second-order valence-corrected chi connectivity index (χ2v) is 38.7. The molecule has 8 fully saturated rings. The van der Waals surface area contributed by atoms with E-state index in [1.165, 1.54) is 12.8 Å². The number of ketones is 2. The fraction of sp³-hybridized carbons (Fsp3) is 0.880. The van der Waals surface area contributed by atoms with E-state index < -0.39 is 56.7 Å². The number of hydrogen-bond acceptors (Lipinski definition) is 15. The molecule has 0 saturated heterocycles. The Balaban J connectivity index is 0.000000345. The molecular weight excluding hydrogens is 1540 g/mol. The van der Waals surface area contributed by atoms with Gasteiger partial charge in [-0.2, -0.15) is 0 Å². The Morgan fingerprint density at radius 1 is 0.314 bits per heavy atom. The number of Topliss-reactive ketones (excluding diaryl/α,β-unsaturated/α-hetero) is 2. The number of carbonyl (C=O) groups is 10. The normalized spacial score (nSPS) is 19.1. The van der Waals surface area contributed by atoms with Gasteiger partial charge in [0.1, 0.15) is 34.0 Å². The molecule has 0 bridgehead atoms. The second-order valence-electron chi connectivity index (χ2n) is 36.3. The monoisotopic (exact) mass is 1680 g/mol. The third kappa shape index (κ3) is 39.3. The number of rotatable bonds is 45. The average molecular weight is 1680 g/mol. The Morgan fingerprint density at radius 3 is 0.705 bits per heavy atom. The predicted molar refractivity (Wildman–Crippen MR) is 420 cm³/mol. The van der Waals surface area contributed by atoms with Gasteiger partial charge in [-0.1, -0.05) is 106 Å². The zero-order valence-corrected chi connectivity index (χ0v) is 71.4. The van der Waals surface area contributed by atoms with E-state index in [0.717, 1.165) is 254 Å². The van der Waals surface area contributed by atoms with E-state index in [1.807, 2.05) is 83.1 Å². The summed E-state index contributed by atoms with van der Waals surface area (Å²) < 4.78 is 21.7. The van der Waals surface area contributed by atoms with Crippen molar-refractivity contribution in [3.05, 3.63) is 0 Å². The zero-order chi connectivity index (χ0) is 79.2. The maximum atomic E-state index is 12.3. The van der Waals surface area contributed by atoms with Crippen molar-refractivity contribution in [1.82, 2.24) is 0 Å². The van der Waals surface area contributed by atoms with Crippen molar-refractivity contribution >= 4 is 107 Å². The molecule has 8 aliphatic carbocycles. The van der Waals surface area contributed by atoms with Crippen LogP contribution in [0.3, 0.4) is 0 Å². The van der Waals surface area contributed by atoms with Crippen LogP contribution in [0.5, 0.6) is 0 Å². The summed E-state index contributed by atoms with van der Waals surface area (Å²) in [6.07, 6.45) is 37.8. The van der Waals surface area contributed by atoms with E-state index in [1.54, 1.807) is 0 Å². The zero-order valence-electron chi connectivity index (χ0n) is 66.7. The van der Waals surface area contributed by atoms with E-state index in [-0.39, 0.29) is 69.1 Å². The molecule has 0 atom stereocenters. The number of esters is 4. The number of unbranched alkanes of at least 4 members (excludes halogenated alkanes) is 8. The molecule has 0 aromatic heterocycles. The van der Waals surface area contributed by atoms with Crippen LogP contribution in [-0.2, 0) is 66.9 Å². The smallest absolute Gasteiger partial charge is 0.312 e. The Morgan fingerprint density at radius 2 is 0.514 bits per heavy atom. The number of aliphatic carboxylic acids is 4. The Labute approximate surface area is 655 Å². The van der Waals surface area contributed by atoms with Crippen LogP contribution in [0.15, 0.2) is 0 Å². The van der Waals surface area contributed by atoms with Crippen LogP contribution in [0.2, 0.25) is 0 Å². The molecule has 8 rings (SSSR count). The summed E-state index contributed by atoms with van der Waals surface area (Å²) in [7, 11) is 0. The molecule has 0 radical (unpaired) electrons. The van der Waals surface area contributed by atoms with Crippen LogP contribution in [0.4, 0.5) is 0 Å². The first-order valence-electron chi connectivity index (χ1n) is 40.1. The Kier molecular flexibility index (Phi) is 40.0. The summed E-state index contributed by atoms with van der Waals surface area (Å²) in [5.74, 6) is -2.12. The van der Waals surface area contributed by atoms with Crippen LogP contribution in [-0.4, -0.2) is 129 Å². The molecule has 0 aromatic rings. The van der Waals surface area contributed by atoms with Gasteiger partial charge in [0.05, 0.1) is 49.9 Å². The quantitative estimate of drug-likeness (QED) is 0.0164. The van der Waals surface area contributed by atoms with E-state index in [2.05, 4.69) is 47.8 Å². The van der Waals surface area contributed by atoms with E-state index in [9.17, 15) is 53.1 Å². The molecule has 0 amide bonds. The predicted octanol–water partition coefficient (Wildman–Crippen LogP) is 20.5. The van der Waals surface area contributed by atoms with Gasteiger partial charge in [-0.15, -0.1) is 0 Å². The Bertz CT molecular complexity index is 2600. The summed E-state index contributed by atoms with van der Waals surface area (Å²) in [6.45, 7) is 22.9. The molecule has 0 heterocycles.